The van der Waals surface area contributed by atoms with Gasteiger partial charge in [-0.1, -0.05) is 26.8 Å². The van der Waals surface area contributed by atoms with Crippen molar-refractivity contribution in [2.24, 2.45) is 0 Å². The van der Waals surface area contributed by atoms with Crippen LogP contribution in [0, 0.1) is 6.92 Å². The van der Waals surface area contributed by atoms with Crippen LogP contribution in [0.2, 0.25) is 0 Å². The van der Waals surface area contributed by atoms with Crippen molar-refractivity contribution in [3.63, 3.8) is 0 Å². The summed E-state index contributed by atoms with van der Waals surface area (Å²) in [5.41, 5.74) is 3.98. The van der Waals surface area contributed by atoms with E-state index in [0.29, 0.717) is 17.8 Å². The lowest BCUT2D eigenvalue weighted by atomic mass is 9.90. The first-order valence-corrected chi connectivity index (χ1v) is 8.20. The number of rotatable bonds is 3. The number of hydrogen-bond acceptors (Lipinski definition) is 4. The molecule has 0 radical (unpaired) electrons. The summed E-state index contributed by atoms with van der Waals surface area (Å²) in [5, 5.41) is 10.4. The summed E-state index contributed by atoms with van der Waals surface area (Å²) in [5.74, 6) is -0.968. The van der Waals surface area contributed by atoms with Crippen molar-refractivity contribution in [1.82, 2.24) is 15.0 Å². The minimum atomic E-state index is -0.968. The summed E-state index contributed by atoms with van der Waals surface area (Å²) in [4.78, 5) is 24.9. The van der Waals surface area contributed by atoms with Crippen molar-refractivity contribution >= 4 is 17.0 Å². The Hall–Kier alpha value is -2.82. The smallest absolute Gasteiger partial charge is 0.337 e. The number of pyridine rings is 3. The summed E-state index contributed by atoms with van der Waals surface area (Å²) < 4.78 is 0. The van der Waals surface area contributed by atoms with Crippen molar-refractivity contribution in [2.75, 3.05) is 0 Å². The van der Waals surface area contributed by atoms with Crippen molar-refractivity contribution in [2.45, 2.75) is 39.5 Å². The molecule has 0 fully saturated rings. The summed E-state index contributed by atoms with van der Waals surface area (Å²) in [6, 6.07) is 7.68. The molecule has 0 atom stereocenters. The van der Waals surface area contributed by atoms with Crippen LogP contribution in [-0.4, -0.2) is 26.0 Å². The van der Waals surface area contributed by atoms with Crippen molar-refractivity contribution in [3.05, 3.63) is 64.7 Å². The second-order valence-corrected chi connectivity index (χ2v) is 7.21. The van der Waals surface area contributed by atoms with Gasteiger partial charge in [0.15, 0.2) is 5.65 Å². The average Bonchev–Trinajstić information content (AvgIpc) is 2.54. The van der Waals surface area contributed by atoms with E-state index in [-0.39, 0.29) is 11.0 Å². The van der Waals surface area contributed by atoms with E-state index in [4.69, 9.17) is 0 Å². The minimum Gasteiger partial charge on any atom is -0.478 e. The maximum Gasteiger partial charge on any atom is 0.337 e. The molecule has 0 bridgehead atoms. The first-order chi connectivity index (χ1) is 11.8. The third kappa shape index (κ3) is 3.36. The van der Waals surface area contributed by atoms with E-state index in [9.17, 15) is 9.90 Å². The second kappa shape index (κ2) is 6.24. The van der Waals surface area contributed by atoms with Gasteiger partial charge < -0.3 is 5.11 Å². The average molecular weight is 335 g/mol. The molecule has 128 valence electrons. The molecule has 3 rings (SSSR count). The van der Waals surface area contributed by atoms with Gasteiger partial charge in [0.2, 0.25) is 0 Å². The van der Waals surface area contributed by atoms with Gasteiger partial charge in [0.05, 0.1) is 11.3 Å². The Morgan fingerprint density at radius 3 is 2.52 bits per heavy atom. The summed E-state index contributed by atoms with van der Waals surface area (Å²) >= 11 is 0. The van der Waals surface area contributed by atoms with Crippen LogP contribution in [0.15, 0.2) is 36.7 Å². The lowest BCUT2D eigenvalue weighted by molar-refractivity contribution is 0.0695. The third-order valence-electron chi connectivity index (χ3n) is 4.24. The summed E-state index contributed by atoms with van der Waals surface area (Å²) in [7, 11) is 0. The zero-order valence-corrected chi connectivity index (χ0v) is 14.9. The fourth-order valence-electron chi connectivity index (χ4n) is 2.93. The van der Waals surface area contributed by atoms with Gasteiger partial charge in [0.25, 0.3) is 0 Å². The van der Waals surface area contributed by atoms with Gasteiger partial charge in [-0.3, -0.25) is 4.98 Å². The molecule has 0 saturated carbocycles. The van der Waals surface area contributed by atoms with Gasteiger partial charge >= 0.3 is 5.97 Å². The first-order valence-electron chi connectivity index (χ1n) is 8.20. The Morgan fingerprint density at radius 2 is 1.92 bits per heavy atom. The predicted octanol–water partition coefficient (Wildman–Crippen LogP) is 3.92. The maximum atomic E-state index is 11.8. The molecule has 0 aliphatic carbocycles. The van der Waals surface area contributed by atoms with Gasteiger partial charge in [-0.15, -0.1) is 0 Å². The molecule has 0 aliphatic heterocycles. The van der Waals surface area contributed by atoms with Crippen molar-refractivity contribution in [1.29, 1.82) is 0 Å². The lowest BCUT2D eigenvalue weighted by Crippen LogP contribution is -2.13. The Morgan fingerprint density at radius 1 is 1.16 bits per heavy atom. The molecule has 3 aromatic rings. The first kappa shape index (κ1) is 17.0. The van der Waals surface area contributed by atoms with Crippen LogP contribution in [0.3, 0.4) is 0 Å². The molecular weight excluding hydrogens is 314 g/mol. The van der Waals surface area contributed by atoms with Gasteiger partial charge in [-0.05, 0) is 36.2 Å². The number of aryl methyl sites for hydroxylation is 1. The van der Waals surface area contributed by atoms with E-state index in [0.717, 1.165) is 22.2 Å². The van der Waals surface area contributed by atoms with Gasteiger partial charge in [-0.25, -0.2) is 14.8 Å². The van der Waals surface area contributed by atoms with Crippen LogP contribution in [0.4, 0.5) is 0 Å². The van der Waals surface area contributed by atoms with Crippen LogP contribution in [0.5, 0.6) is 0 Å². The SMILES string of the molecule is Cc1nc2ncccc2c(Cc2ccc(C(C)(C)C)nc2)c1C(=O)O. The molecule has 5 nitrogen and oxygen atoms in total. The molecule has 0 spiro atoms. The summed E-state index contributed by atoms with van der Waals surface area (Å²) in [6.07, 6.45) is 3.97. The molecule has 3 aromatic heterocycles. The molecule has 0 unspecified atom stereocenters. The topological polar surface area (TPSA) is 76.0 Å². The molecular formula is C20H21N3O2. The van der Waals surface area contributed by atoms with Gasteiger partial charge in [0, 0.05) is 35.3 Å². The number of carbonyl (C=O) groups is 1. The predicted molar refractivity (Wildman–Crippen MR) is 97.0 cm³/mol. The van der Waals surface area contributed by atoms with Crippen LogP contribution in [-0.2, 0) is 11.8 Å². The zero-order chi connectivity index (χ0) is 18.2. The standard InChI is InChI=1S/C20H21N3O2/c1-12-17(19(24)25)15(14-6-5-9-21-18(14)23-12)10-13-7-8-16(22-11-13)20(2,3)4/h5-9,11H,10H2,1-4H3,(H,24,25). The highest BCUT2D eigenvalue weighted by molar-refractivity contribution is 5.96. The van der Waals surface area contributed by atoms with Crippen LogP contribution in [0.25, 0.3) is 11.0 Å². The Balaban J connectivity index is 2.11. The molecule has 5 heteroatoms. The fourth-order valence-corrected chi connectivity index (χ4v) is 2.93. The number of aromatic carboxylic acids is 1. The molecule has 0 saturated heterocycles. The van der Waals surface area contributed by atoms with Crippen LogP contribution < -0.4 is 0 Å². The number of carboxylic acid groups (broad SMARTS) is 1. The van der Waals surface area contributed by atoms with Crippen LogP contribution >= 0.6 is 0 Å². The number of hydrogen-bond donors (Lipinski definition) is 1. The fraction of sp³-hybridized carbons (Fsp3) is 0.300. The number of fused-ring (bicyclic) bond motifs is 1. The highest BCUT2D eigenvalue weighted by Crippen LogP contribution is 2.26. The third-order valence-corrected chi connectivity index (χ3v) is 4.24. The largest absolute Gasteiger partial charge is 0.478 e. The highest BCUT2D eigenvalue weighted by Gasteiger charge is 2.20. The molecule has 25 heavy (non-hydrogen) atoms. The molecule has 0 aliphatic rings. The van der Waals surface area contributed by atoms with E-state index in [2.05, 4.69) is 35.7 Å². The zero-order valence-electron chi connectivity index (χ0n) is 14.9. The van der Waals surface area contributed by atoms with E-state index < -0.39 is 5.97 Å². The normalized spacial score (nSPS) is 11.7. The van der Waals surface area contributed by atoms with E-state index in [1.165, 1.54) is 0 Å². The Kier molecular flexibility index (Phi) is 4.25. The Labute approximate surface area is 146 Å². The number of aromatic nitrogens is 3. The van der Waals surface area contributed by atoms with E-state index in [1.54, 1.807) is 19.2 Å². The van der Waals surface area contributed by atoms with Crippen LogP contribution in [0.1, 0.15) is 53.6 Å². The van der Waals surface area contributed by atoms with E-state index >= 15 is 0 Å². The molecule has 3 heterocycles. The van der Waals surface area contributed by atoms with Crippen molar-refractivity contribution < 1.29 is 9.90 Å². The highest BCUT2D eigenvalue weighted by atomic mass is 16.4. The van der Waals surface area contributed by atoms with E-state index in [1.807, 2.05) is 24.4 Å². The molecule has 0 amide bonds. The Bertz CT molecular complexity index is 942. The quantitative estimate of drug-likeness (QED) is 0.785. The molecule has 0 aromatic carbocycles. The minimum absolute atomic E-state index is 0.0192. The second-order valence-electron chi connectivity index (χ2n) is 7.21. The summed E-state index contributed by atoms with van der Waals surface area (Å²) in [6.45, 7) is 8.05. The number of nitrogens with zero attached hydrogens (tertiary/aromatic N) is 3. The maximum absolute atomic E-state index is 11.8. The number of carboxylic acids is 1. The molecule has 1 N–H and O–H groups in total. The lowest BCUT2D eigenvalue weighted by Gasteiger charge is -2.18. The van der Waals surface area contributed by atoms with Gasteiger partial charge in [-0.2, -0.15) is 0 Å². The van der Waals surface area contributed by atoms with Gasteiger partial charge in [0.1, 0.15) is 0 Å². The van der Waals surface area contributed by atoms with Crippen molar-refractivity contribution in [3.8, 4) is 0 Å². The monoisotopic (exact) mass is 335 g/mol.